The van der Waals surface area contributed by atoms with Crippen LogP contribution in [0.5, 0.6) is 0 Å². The summed E-state index contributed by atoms with van der Waals surface area (Å²) in [6, 6.07) is 12.2. The van der Waals surface area contributed by atoms with Crippen LogP contribution < -0.4 is 9.30 Å². The van der Waals surface area contributed by atoms with E-state index in [9.17, 15) is 9.90 Å². The zero-order chi connectivity index (χ0) is 22.1. The molecule has 0 bridgehead atoms. The van der Waals surface area contributed by atoms with E-state index in [0.29, 0.717) is 5.56 Å². The Labute approximate surface area is 183 Å². The molecule has 1 N–H and O–H groups in total. The highest BCUT2D eigenvalue weighted by Crippen LogP contribution is 2.31. The number of unbranched alkanes of at least 4 members (excludes halogenated alkanes) is 2. The number of nitrogens with zero attached hydrogens (tertiary/aromatic N) is 3. The number of anilines is 1. The highest BCUT2D eigenvalue weighted by atomic mass is 16.4. The van der Waals surface area contributed by atoms with Gasteiger partial charge in [-0.3, -0.25) is 4.90 Å². The Hall–Kier alpha value is -3.08. The van der Waals surface area contributed by atoms with Crippen LogP contribution in [-0.4, -0.2) is 28.6 Å². The third-order valence-electron chi connectivity index (χ3n) is 6.28. The van der Waals surface area contributed by atoms with E-state index in [-0.39, 0.29) is 0 Å². The van der Waals surface area contributed by atoms with Crippen LogP contribution >= 0.6 is 0 Å². The largest absolute Gasteiger partial charge is 0.478 e. The van der Waals surface area contributed by atoms with Crippen molar-refractivity contribution < 1.29 is 14.3 Å². The number of aromatic carboxylic acids is 1. The van der Waals surface area contributed by atoms with Gasteiger partial charge in [0.05, 0.1) is 24.8 Å². The molecular weight excluding hydrogens is 386 g/mol. The molecule has 0 aliphatic heterocycles. The van der Waals surface area contributed by atoms with Crippen LogP contribution in [0.15, 0.2) is 42.6 Å². The number of pyridine rings is 2. The average Bonchev–Trinajstić information content (AvgIpc) is 3.09. The zero-order valence-corrected chi connectivity index (χ0v) is 19.0. The maximum absolute atomic E-state index is 12.2. The number of aromatic nitrogens is 2. The lowest BCUT2D eigenvalue weighted by Crippen LogP contribution is -2.36. The second-order valence-corrected chi connectivity index (χ2v) is 8.49. The van der Waals surface area contributed by atoms with Gasteiger partial charge in [0.2, 0.25) is 0 Å². The number of carboxylic acids is 1. The lowest BCUT2D eigenvalue weighted by atomic mass is 10.0. The molecule has 5 heteroatoms. The first-order valence-corrected chi connectivity index (χ1v) is 11.3. The normalized spacial score (nSPS) is 11.6. The summed E-state index contributed by atoms with van der Waals surface area (Å²) in [5.41, 5.74) is 5.54. The van der Waals surface area contributed by atoms with Crippen molar-refractivity contribution in [1.29, 1.82) is 0 Å². The summed E-state index contributed by atoms with van der Waals surface area (Å²) in [4.78, 5) is 14.7. The lowest BCUT2D eigenvalue weighted by molar-refractivity contribution is -0.497. The van der Waals surface area contributed by atoms with Crippen molar-refractivity contribution in [2.45, 2.75) is 53.4 Å². The number of fused-ring (bicyclic) bond motifs is 5. The Morgan fingerprint density at radius 1 is 1.00 bits per heavy atom. The Kier molecular flexibility index (Phi) is 5.86. The molecule has 0 spiro atoms. The van der Waals surface area contributed by atoms with Crippen molar-refractivity contribution in [2.75, 3.05) is 18.0 Å². The highest BCUT2D eigenvalue weighted by molar-refractivity contribution is 6.06. The Bertz CT molecular complexity index is 1260. The number of carboxylic acid groups (broad SMARTS) is 1. The molecule has 0 amide bonds. The third-order valence-corrected chi connectivity index (χ3v) is 6.28. The van der Waals surface area contributed by atoms with Gasteiger partial charge < -0.3 is 5.11 Å². The molecule has 3 heterocycles. The number of aryl methyl sites for hydroxylation is 2. The van der Waals surface area contributed by atoms with E-state index in [1.165, 1.54) is 5.56 Å². The molecule has 162 valence electrons. The number of carbonyl (C=O) groups is 1. The third kappa shape index (κ3) is 3.62. The van der Waals surface area contributed by atoms with Gasteiger partial charge in [-0.15, -0.1) is 0 Å². The van der Waals surface area contributed by atoms with Gasteiger partial charge in [0, 0.05) is 5.39 Å². The van der Waals surface area contributed by atoms with E-state index in [4.69, 9.17) is 0 Å². The summed E-state index contributed by atoms with van der Waals surface area (Å²) in [5.74, 6) is 0.221. The number of imidazole rings is 1. The fourth-order valence-corrected chi connectivity index (χ4v) is 4.43. The molecule has 3 aromatic heterocycles. The Morgan fingerprint density at radius 3 is 2.32 bits per heavy atom. The molecule has 0 unspecified atom stereocenters. The molecule has 0 radical (unpaired) electrons. The van der Waals surface area contributed by atoms with E-state index in [1.54, 1.807) is 0 Å². The molecule has 4 aromatic rings. The second kappa shape index (κ2) is 8.58. The summed E-state index contributed by atoms with van der Waals surface area (Å²) in [6.45, 7) is 10.5. The number of rotatable bonds is 8. The second-order valence-electron chi connectivity index (χ2n) is 8.49. The molecule has 5 nitrogen and oxygen atoms in total. The van der Waals surface area contributed by atoms with Gasteiger partial charge in [-0.05, 0) is 68.1 Å². The minimum absolute atomic E-state index is 0.356. The lowest BCUT2D eigenvalue weighted by Gasteiger charge is -2.18. The SMILES string of the molecule is CCCCN(CCCC)c1n2c3cc(C)c(C)cc3c(C(=O)O)cc2c2cccc[n+]12. The van der Waals surface area contributed by atoms with Crippen LogP contribution in [0.25, 0.3) is 21.9 Å². The van der Waals surface area contributed by atoms with Gasteiger partial charge in [0.15, 0.2) is 0 Å². The molecule has 1 aromatic carbocycles. The minimum Gasteiger partial charge on any atom is -0.478 e. The molecule has 0 aliphatic rings. The molecule has 0 saturated carbocycles. The Balaban J connectivity index is 2.17. The quantitative estimate of drug-likeness (QED) is 0.382. The number of hydrogen-bond donors (Lipinski definition) is 1. The van der Waals surface area contributed by atoms with Gasteiger partial charge in [-0.1, -0.05) is 32.8 Å². The van der Waals surface area contributed by atoms with E-state index in [0.717, 1.165) is 72.2 Å². The molecule has 4 rings (SSSR count). The highest BCUT2D eigenvalue weighted by Gasteiger charge is 2.28. The maximum atomic E-state index is 12.2. The summed E-state index contributed by atoms with van der Waals surface area (Å²) in [6.07, 6.45) is 6.60. The van der Waals surface area contributed by atoms with Crippen molar-refractivity contribution >= 4 is 33.9 Å². The van der Waals surface area contributed by atoms with Crippen molar-refractivity contribution in [1.82, 2.24) is 4.40 Å². The summed E-state index contributed by atoms with van der Waals surface area (Å²) in [5, 5.41) is 10.8. The molecule has 0 aliphatic carbocycles. The van der Waals surface area contributed by atoms with Gasteiger partial charge in [-0.2, -0.15) is 4.40 Å². The average molecular weight is 419 g/mol. The fraction of sp³-hybridized carbons (Fsp3) is 0.385. The van der Waals surface area contributed by atoms with E-state index in [1.807, 2.05) is 31.2 Å². The van der Waals surface area contributed by atoms with Crippen LogP contribution in [-0.2, 0) is 0 Å². The first kappa shape index (κ1) is 21.2. The molecule has 0 atom stereocenters. The standard InChI is InChI=1S/C26H31N3O2/c1-5-7-12-27(13-8-6-2)26-28-14-10-9-11-22(28)24-17-21(25(30)31)20-15-18(3)19(4)16-23(20)29(24)26/h9-11,14-17H,5-8,12-13H2,1-4H3/p+1. The van der Waals surface area contributed by atoms with Crippen LogP contribution in [0.1, 0.15) is 61.0 Å². The number of hydrogen-bond acceptors (Lipinski definition) is 2. The first-order valence-electron chi connectivity index (χ1n) is 11.3. The first-order chi connectivity index (χ1) is 15.0. The molecule has 0 saturated heterocycles. The van der Waals surface area contributed by atoms with Crippen molar-refractivity contribution in [3.63, 3.8) is 0 Å². The molecular formula is C26H32N3O2+. The monoisotopic (exact) mass is 418 g/mol. The predicted molar refractivity (Wildman–Crippen MR) is 127 cm³/mol. The van der Waals surface area contributed by atoms with Gasteiger partial charge in [0.25, 0.3) is 0 Å². The van der Waals surface area contributed by atoms with Gasteiger partial charge >= 0.3 is 11.9 Å². The van der Waals surface area contributed by atoms with E-state index >= 15 is 0 Å². The van der Waals surface area contributed by atoms with Crippen molar-refractivity contribution in [3.8, 4) is 0 Å². The van der Waals surface area contributed by atoms with Crippen molar-refractivity contribution in [2.24, 2.45) is 0 Å². The Morgan fingerprint density at radius 2 is 1.68 bits per heavy atom. The fourth-order valence-electron chi connectivity index (χ4n) is 4.43. The molecule has 0 fully saturated rings. The van der Waals surface area contributed by atoms with Gasteiger partial charge in [-0.25, -0.2) is 9.20 Å². The zero-order valence-electron chi connectivity index (χ0n) is 19.0. The summed E-state index contributed by atoms with van der Waals surface area (Å²) < 4.78 is 4.50. The topological polar surface area (TPSA) is 49.1 Å². The molecule has 31 heavy (non-hydrogen) atoms. The minimum atomic E-state index is -0.888. The van der Waals surface area contributed by atoms with Gasteiger partial charge in [0.1, 0.15) is 16.6 Å². The van der Waals surface area contributed by atoms with Crippen LogP contribution in [0.3, 0.4) is 0 Å². The van der Waals surface area contributed by atoms with Crippen molar-refractivity contribution in [3.05, 3.63) is 59.3 Å². The predicted octanol–water partition coefficient (Wildman–Crippen LogP) is 5.55. The van der Waals surface area contributed by atoms with Crippen LogP contribution in [0.2, 0.25) is 0 Å². The van der Waals surface area contributed by atoms with E-state index < -0.39 is 5.97 Å². The number of benzene rings is 1. The van der Waals surface area contributed by atoms with E-state index in [2.05, 4.69) is 52.8 Å². The summed E-state index contributed by atoms with van der Waals surface area (Å²) >= 11 is 0. The maximum Gasteiger partial charge on any atom is 0.370 e. The summed E-state index contributed by atoms with van der Waals surface area (Å²) in [7, 11) is 0. The van der Waals surface area contributed by atoms with Crippen LogP contribution in [0.4, 0.5) is 5.95 Å². The van der Waals surface area contributed by atoms with Crippen LogP contribution in [0, 0.1) is 13.8 Å². The smallest absolute Gasteiger partial charge is 0.370 e.